The van der Waals surface area contributed by atoms with Crippen molar-refractivity contribution in [1.82, 2.24) is 0 Å². The van der Waals surface area contributed by atoms with Gasteiger partial charge in [0.15, 0.2) is 0 Å². The van der Waals surface area contributed by atoms with Gasteiger partial charge in [-0.15, -0.1) is 0 Å². The van der Waals surface area contributed by atoms with Gasteiger partial charge in [0.25, 0.3) is 5.91 Å². The number of nitrogens with one attached hydrogen (secondary N) is 2. The van der Waals surface area contributed by atoms with Crippen molar-refractivity contribution in [2.45, 2.75) is 13.3 Å². The average molecular weight is 326 g/mol. The lowest BCUT2D eigenvalue weighted by Crippen LogP contribution is -2.14. The Morgan fingerprint density at radius 1 is 1.26 bits per heavy atom. The number of carbonyl (C=O) groups is 1. The minimum absolute atomic E-state index is 0.0177. The third-order valence-corrected chi connectivity index (χ3v) is 3.45. The second kappa shape index (κ2) is 8.02. The van der Waals surface area contributed by atoms with Crippen molar-refractivity contribution < 1.29 is 4.79 Å². The van der Waals surface area contributed by atoms with E-state index in [9.17, 15) is 10.1 Å². The van der Waals surface area contributed by atoms with Crippen molar-refractivity contribution in [3.05, 3.63) is 70.9 Å². The van der Waals surface area contributed by atoms with Crippen LogP contribution in [0.5, 0.6) is 0 Å². The predicted octanol–water partition coefficient (Wildman–Crippen LogP) is 4.36. The molecule has 0 fully saturated rings. The average Bonchev–Trinajstić information content (AvgIpc) is 2.55. The molecule has 116 valence electrons. The summed E-state index contributed by atoms with van der Waals surface area (Å²) in [5.41, 5.74) is 2.50. The number of halogens is 1. The van der Waals surface area contributed by atoms with Gasteiger partial charge in [0.1, 0.15) is 11.6 Å². The van der Waals surface area contributed by atoms with Crippen molar-refractivity contribution in [1.29, 1.82) is 5.26 Å². The molecule has 0 aliphatic rings. The maximum atomic E-state index is 12.1. The highest BCUT2D eigenvalue weighted by Crippen LogP contribution is 2.17. The number of para-hydroxylation sites is 1. The van der Waals surface area contributed by atoms with Crippen molar-refractivity contribution in [2.24, 2.45) is 0 Å². The number of benzene rings is 2. The Hall–Kier alpha value is -2.77. The van der Waals surface area contributed by atoms with E-state index in [0.717, 1.165) is 17.7 Å². The van der Waals surface area contributed by atoms with Crippen LogP contribution in [0.4, 0.5) is 11.4 Å². The molecule has 0 bridgehead atoms. The molecule has 0 aliphatic heterocycles. The van der Waals surface area contributed by atoms with Gasteiger partial charge in [-0.05, 0) is 36.2 Å². The van der Waals surface area contributed by atoms with E-state index in [1.165, 1.54) is 6.20 Å². The van der Waals surface area contributed by atoms with E-state index < -0.39 is 5.91 Å². The second-order valence-corrected chi connectivity index (χ2v) is 5.23. The van der Waals surface area contributed by atoms with Crippen molar-refractivity contribution in [3.8, 4) is 6.07 Å². The molecule has 23 heavy (non-hydrogen) atoms. The molecule has 4 nitrogen and oxygen atoms in total. The monoisotopic (exact) mass is 325 g/mol. The van der Waals surface area contributed by atoms with Crippen LogP contribution in [0.1, 0.15) is 12.5 Å². The lowest BCUT2D eigenvalue weighted by Gasteiger charge is -2.08. The first-order chi connectivity index (χ1) is 11.1. The number of rotatable bonds is 5. The Balaban J connectivity index is 2.12. The Morgan fingerprint density at radius 3 is 2.74 bits per heavy atom. The van der Waals surface area contributed by atoms with Gasteiger partial charge in [0, 0.05) is 22.6 Å². The number of amides is 1. The Bertz CT molecular complexity index is 778. The van der Waals surface area contributed by atoms with Gasteiger partial charge in [0.2, 0.25) is 0 Å². The summed E-state index contributed by atoms with van der Waals surface area (Å²) in [4.78, 5) is 12.1. The first-order valence-electron chi connectivity index (χ1n) is 7.15. The van der Waals surface area contributed by atoms with Crippen LogP contribution >= 0.6 is 11.6 Å². The highest BCUT2D eigenvalue weighted by molar-refractivity contribution is 6.31. The summed E-state index contributed by atoms with van der Waals surface area (Å²) in [6.07, 6.45) is 2.27. The topological polar surface area (TPSA) is 64.9 Å². The molecule has 0 radical (unpaired) electrons. The van der Waals surface area contributed by atoms with Gasteiger partial charge < -0.3 is 10.6 Å². The predicted molar refractivity (Wildman–Crippen MR) is 93.2 cm³/mol. The summed E-state index contributed by atoms with van der Waals surface area (Å²) in [6.45, 7) is 2.04. The molecule has 0 heterocycles. The highest BCUT2D eigenvalue weighted by Gasteiger charge is 2.09. The molecule has 5 heteroatoms. The summed E-state index contributed by atoms with van der Waals surface area (Å²) < 4.78 is 0. The smallest absolute Gasteiger partial charge is 0.267 e. The van der Waals surface area contributed by atoms with Gasteiger partial charge in [0.05, 0.1) is 0 Å². The van der Waals surface area contributed by atoms with Gasteiger partial charge in [-0.1, -0.05) is 42.8 Å². The van der Waals surface area contributed by atoms with Crippen molar-refractivity contribution >= 4 is 28.9 Å². The summed E-state index contributed by atoms with van der Waals surface area (Å²) >= 11 is 5.87. The zero-order valence-corrected chi connectivity index (χ0v) is 13.4. The van der Waals surface area contributed by atoms with Gasteiger partial charge in [-0.2, -0.15) is 5.26 Å². The van der Waals surface area contributed by atoms with E-state index in [-0.39, 0.29) is 5.57 Å². The molecule has 0 aromatic heterocycles. The summed E-state index contributed by atoms with van der Waals surface area (Å²) in [7, 11) is 0. The van der Waals surface area contributed by atoms with E-state index in [1.807, 2.05) is 37.3 Å². The molecule has 0 unspecified atom stereocenters. The summed E-state index contributed by atoms with van der Waals surface area (Å²) in [5, 5.41) is 15.4. The van der Waals surface area contributed by atoms with Crippen molar-refractivity contribution in [2.75, 3.05) is 10.6 Å². The number of nitrogens with zero attached hydrogens (tertiary/aromatic N) is 1. The molecule has 0 saturated carbocycles. The minimum Gasteiger partial charge on any atom is -0.360 e. The van der Waals surface area contributed by atoms with E-state index in [0.29, 0.717) is 10.7 Å². The molecule has 2 aromatic rings. The highest BCUT2D eigenvalue weighted by atomic mass is 35.5. The molecule has 0 saturated heterocycles. The van der Waals surface area contributed by atoms with E-state index in [1.54, 1.807) is 24.3 Å². The van der Waals surface area contributed by atoms with Gasteiger partial charge >= 0.3 is 0 Å². The van der Waals surface area contributed by atoms with Crippen LogP contribution in [-0.4, -0.2) is 5.91 Å². The third kappa shape index (κ3) is 4.60. The molecular formula is C18H16ClN3O. The minimum atomic E-state index is -0.490. The number of aryl methyl sites for hydroxylation is 1. The van der Waals surface area contributed by atoms with Gasteiger partial charge in [-0.25, -0.2) is 0 Å². The molecule has 1 amide bonds. The lowest BCUT2D eigenvalue weighted by molar-refractivity contribution is -0.112. The van der Waals surface area contributed by atoms with E-state index >= 15 is 0 Å². The molecule has 2 rings (SSSR count). The zero-order valence-electron chi connectivity index (χ0n) is 12.6. The summed E-state index contributed by atoms with van der Waals surface area (Å²) in [6, 6.07) is 16.4. The van der Waals surface area contributed by atoms with E-state index in [2.05, 4.69) is 10.6 Å². The SMILES string of the molecule is CCc1ccccc1NC=C(C#N)C(=O)Nc1cccc(Cl)c1. The molecular weight excluding hydrogens is 310 g/mol. The number of nitriles is 1. The molecule has 2 aromatic carbocycles. The Labute approximate surface area is 140 Å². The van der Waals surface area contributed by atoms with Crippen molar-refractivity contribution in [3.63, 3.8) is 0 Å². The van der Waals surface area contributed by atoms with Crippen LogP contribution in [0, 0.1) is 11.3 Å². The molecule has 0 atom stereocenters. The van der Waals surface area contributed by atoms with Crippen LogP contribution in [0.2, 0.25) is 5.02 Å². The fourth-order valence-corrected chi connectivity index (χ4v) is 2.22. The van der Waals surface area contributed by atoms with Crippen LogP contribution < -0.4 is 10.6 Å². The number of hydrogen-bond donors (Lipinski definition) is 2. The largest absolute Gasteiger partial charge is 0.360 e. The number of anilines is 2. The fourth-order valence-electron chi connectivity index (χ4n) is 2.03. The summed E-state index contributed by atoms with van der Waals surface area (Å²) in [5.74, 6) is -0.490. The zero-order chi connectivity index (χ0) is 16.7. The normalized spacial score (nSPS) is 10.7. The third-order valence-electron chi connectivity index (χ3n) is 3.22. The Morgan fingerprint density at radius 2 is 2.04 bits per heavy atom. The first-order valence-corrected chi connectivity index (χ1v) is 7.53. The van der Waals surface area contributed by atoms with Gasteiger partial charge in [-0.3, -0.25) is 4.79 Å². The number of hydrogen-bond acceptors (Lipinski definition) is 3. The van der Waals surface area contributed by atoms with Crippen LogP contribution in [0.15, 0.2) is 60.3 Å². The lowest BCUT2D eigenvalue weighted by atomic mass is 10.1. The fraction of sp³-hybridized carbons (Fsp3) is 0.111. The molecule has 0 aliphatic carbocycles. The van der Waals surface area contributed by atoms with Crippen LogP contribution in [0.25, 0.3) is 0 Å². The molecule has 0 spiro atoms. The molecule has 2 N–H and O–H groups in total. The Kier molecular flexibility index (Phi) is 5.79. The quantitative estimate of drug-likeness (QED) is 0.634. The standard InChI is InChI=1S/C18H16ClN3O/c1-2-13-6-3-4-9-17(13)21-12-14(11-20)18(23)22-16-8-5-7-15(19)10-16/h3-10,12,21H,2H2,1H3,(H,22,23). The first kappa shape index (κ1) is 16.6. The van der Waals surface area contributed by atoms with Crippen LogP contribution in [-0.2, 0) is 11.2 Å². The van der Waals surface area contributed by atoms with E-state index in [4.69, 9.17) is 11.6 Å². The number of carbonyl (C=O) groups excluding carboxylic acids is 1. The maximum absolute atomic E-state index is 12.1. The maximum Gasteiger partial charge on any atom is 0.267 e. The van der Waals surface area contributed by atoms with Crippen LogP contribution in [0.3, 0.4) is 0 Å². The second-order valence-electron chi connectivity index (χ2n) is 4.79.